The fourth-order valence-corrected chi connectivity index (χ4v) is 3.78. The molecule has 3 heterocycles. The van der Waals surface area contributed by atoms with E-state index in [4.69, 9.17) is 4.74 Å². The van der Waals surface area contributed by atoms with Crippen molar-refractivity contribution in [2.24, 2.45) is 0 Å². The Morgan fingerprint density at radius 2 is 2.00 bits per heavy atom. The van der Waals surface area contributed by atoms with Gasteiger partial charge in [0.15, 0.2) is 0 Å². The smallest absolute Gasteiger partial charge is 0.295 e. The number of pyridine rings is 1. The lowest BCUT2D eigenvalue weighted by molar-refractivity contribution is -0.140. The number of carbonyl (C=O) groups is 2. The second-order valence-corrected chi connectivity index (χ2v) is 6.92. The zero-order chi connectivity index (χ0) is 19.7. The van der Waals surface area contributed by atoms with Crippen molar-refractivity contribution >= 4 is 17.4 Å². The maximum absolute atomic E-state index is 12.8. The first kappa shape index (κ1) is 18.2. The number of phenolic OH excluding ortho intramolecular Hbond substituents is 1. The van der Waals surface area contributed by atoms with E-state index in [0.29, 0.717) is 17.7 Å². The van der Waals surface area contributed by atoms with E-state index in [-0.39, 0.29) is 29.7 Å². The zero-order valence-electron chi connectivity index (χ0n) is 15.1. The average Bonchev–Trinajstić information content (AvgIpc) is 3.30. The van der Waals surface area contributed by atoms with Gasteiger partial charge in [-0.15, -0.1) is 0 Å². The molecule has 2 N–H and O–H groups in total. The normalized spacial score (nSPS) is 24.1. The van der Waals surface area contributed by atoms with Gasteiger partial charge in [0.1, 0.15) is 11.5 Å². The van der Waals surface area contributed by atoms with Crippen LogP contribution in [0.15, 0.2) is 54.4 Å². The summed E-state index contributed by atoms with van der Waals surface area (Å²) in [6, 6.07) is 8.72. The Balaban J connectivity index is 1.83. The number of rotatable bonds is 4. The fourth-order valence-electron chi connectivity index (χ4n) is 3.78. The van der Waals surface area contributed by atoms with E-state index >= 15 is 0 Å². The summed E-state index contributed by atoms with van der Waals surface area (Å²) < 4.78 is 5.65. The molecule has 1 amide bonds. The van der Waals surface area contributed by atoms with Gasteiger partial charge < -0.3 is 19.8 Å². The third-order valence-electron chi connectivity index (χ3n) is 5.10. The van der Waals surface area contributed by atoms with Crippen LogP contribution in [0.4, 0.5) is 0 Å². The average molecular weight is 380 g/mol. The van der Waals surface area contributed by atoms with Gasteiger partial charge in [-0.1, -0.05) is 12.1 Å². The summed E-state index contributed by atoms with van der Waals surface area (Å²) in [4.78, 5) is 31.0. The number of carbonyl (C=O) groups excluding carboxylic acids is 2. The topological polar surface area (TPSA) is 100.0 Å². The number of Topliss-reactive ketones (excluding diaryl/α,β-unsaturated/α-hetero) is 1. The first-order chi connectivity index (χ1) is 13.6. The van der Waals surface area contributed by atoms with Gasteiger partial charge in [-0.2, -0.15) is 0 Å². The van der Waals surface area contributed by atoms with Gasteiger partial charge in [0.2, 0.25) is 0 Å². The van der Waals surface area contributed by atoms with Gasteiger partial charge in [0, 0.05) is 31.1 Å². The molecule has 7 nitrogen and oxygen atoms in total. The molecule has 144 valence electrons. The molecule has 4 rings (SSSR count). The van der Waals surface area contributed by atoms with Crippen LogP contribution >= 0.6 is 0 Å². The number of likely N-dealkylation sites (tertiary alicyclic amines) is 1. The van der Waals surface area contributed by atoms with E-state index in [9.17, 15) is 19.8 Å². The lowest BCUT2D eigenvalue weighted by Crippen LogP contribution is -2.36. The third-order valence-corrected chi connectivity index (χ3v) is 5.10. The van der Waals surface area contributed by atoms with E-state index in [1.165, 1.54) is 29.4 Å². The van der Waals surface area contributed by atoms with E-state index in [1.54, 1.807) is 24.3 Å². The highest BCUT2D eigenvalue weighted by atomic mass is 16.5. The van der Waals surface area contributed by atoms with Crippen LogP contribution < -0.4 is 0 Å². The molecule has 2 unspecified atom stereocenters. The minimum Gasteiger partial charge on any atom is -0.508 e. The van der Waals surface area contributed by atoms with Gasteiger partial charge in [0.05, 0.1) is 17.7 Å². The van der Waals surface area contributed by atoms with Crippen molar-refractivity contribution in [3.8, 4) is 5.75 Å². The van der Waals surface area contributed by atoms with Gasteiger partial charge >= 0.3 is 0 Å². The van der Waals surface area contributed by atoms with E-state index in [0.717, 1.165) is 12.8 Å². The fraction of sp³-hybridized carbons (Fsp3) is 0.286. The highest BCUT2D eigenvalue weighted by molar-refractivity contribution is 6.46. The van der Waals surface area contributed by atoms with Crippen molar-refractivity contribution in [3.63, 3.8) is 0 Å². The molecule has 2 fully saturated rings. The zero-order valence-corrected chi connectivity index (χ0v) is 15.1. The molecule has 1 aromatic heterocycles. The number of nitrogens with zero attached hydrogens (tertiary/aromatic N) is 2. The summed E-state index contributed by atoms with van der Waals surface area (Å²) in [7, 11) is 0. The summed E-state index contributed by atoms with van der Waals surface area (Å²) in [5.41, 5.74) is 0.947. The maximum atomic E-state index is 12.8. The molecule has 0 bridgehead atoms. The summed E-state index contributed by atoms with van der Waals surface area (Å²) in [5, 5.41) is 20.8. The molecule has 2 aromatic rings. The van der Waals surface area contributed by atoms with Crippen LogP contribution in [-0.4, -0.2) is 51.0 Å². The highest BCUT2D eigenvalue weighted by Crippen LogP contribution is 2.40. The highest BCUT2D eigenvalue weighted by Gasteiger charge is 2.47. The molecule has 0 radical (unpaired) electrons. The largest absolute Gasteiger partial charge is 0.508 e. The number of benzene rings is 1. The molecule has 0 saturated carbocycles. The van der Waals surface area contributed by atoms with Gasteiger partial charge in [0.25, 0.3) is 11.7 Å². The molecule has 1 aromatic carbocycles. The number of aliphatic hydroxyl groups is 1. The number of hydrogen-bond donors (Lipinski definition) is 2. The maximum Gasteiger partial charge on any atom is 0.295 e. The first-order valence-corrected chi connectivity index (χ1v) is 9.15. The monoisotopic (exact) mass is 380 g/mol. The summed E-state index contributed by atoms with van der Waals surface area (Å²) in [6.07, 6.45) is 4.56. The minimum absolute atomic E-state index is 0.000188. The first-order valence-electron chi connectivity index (χ1n) is 9.15. The van der Waals surface area contributed by atoms with E-state index in [1.807, 2.05) is 0 Å². The molecule has 2 saturated heterocycles. The van der Waals surface area contributed by atoms with Crippen LogP contribution in [0, 0.1) is 0 Å². The Kier molecular flexibility index (Phi) is 4.83. The van der Waals surface area contributed by atoms with Crippen molar-refractivity contribution in [1.82, 2.24) is 9.88 Å². The molecule has 7 heteroatoms. The third kappa shape index (κ3) is 3.25. The number of hydrogen-bond acceptors (Lipinski definition) is 6. The van der Waals surface area contributed by atoms with Crippen molar-refractivity contribution < 1.29 is 24.5 Å². The minimum atomic E-state index is -0.801. The molecular weight excluding hydrogens is 360 g/mol. The molecule has 2 atom stereocenters. The van der Waals surface area contributed by atoms with Crippen LogP contribution in [0.25, 0.3) is 5.76 Å². The van der Waals surface area contributed by atoms with E-state index in [2.05, 4.69) is 4.98 Å². The second kappa shape index (κ2) is 7.44. The Morgan fingerprint density at radius 1 is 1.21 bits per heavy atom. The quantitative estimate of drug-likeness (QED) is 0.480. The number of ether oxygens (including phenoxy) is 1. The molecule has 2 aliphatic rings. The van der Waals surface area contributed by atoms with Crippen molar-refractivity contribution in [1.29, 1.82) is 0 Å². The predicted octanol–water partition coefficient (Wildman–Crippen LogP) is 2.39. The number of aromatic hydroxyl groups is 1. The van der Waals surface area contributed by atoms with Crippen LogP contribution in [-0.2, 0) is 14.3 Å². The number of amides is 1. The standard InChI is InChI=1S/C21H20N2O5/c24-15-4-1-3-14(11-15)18-17(19(25)13-6-8-22-9-7-13)20(26)21(27)23(18)12-16-5-2-10-28-16/h1,3-4,6-9,11,16,18,24-25H,2,5,10,12H2/b19-17-. The molecule has 2 aliphatic heterocycles. The molecule has 0 aliphatic carbocycles. The van der Waals surface area contributed by atoms with Crippen molar-refractivity contribution in [2.45, 2.75) is 25.0 Å². The van der Waals surface area contributed by atoms with Crippen LogP contribution in [0.3, 0.4) is 0 Å². The predicted molar refractivity (Wildman–Crippen MR) is 100 cm³/mol. The Labute approximate surface area is 161 Å². The van der Waals surface area contributed by atoms with Crippen molar-refractivity contribution in [3.05, 3.63) is 65.5 Å². The van der Waals surface area contributed by atoms with Gasteiger partial charge in [-0.25, -0.2) is 0 Å². The summed E-state index contributed by atoms with van der Waals surface area (Å²) in [5.74, 6) is -1.67. The van der Waals surface area contributed by atoms with Gasteiger partial charge in [-0.05, 0) is 42.7 Å². The second-order valence-electron chi connectivity index (χ2n) is 6.92. The molecule has 0 spiro atoms. The Hall–Kier alpha value is -3.19. The number of ketones is 1. The van der Waals surface area contributed by atoms with Crippen LogP contribution in [0.1, 0.15) is 30.0 Å². The summed E-state index contributed by atoms with van der Waals surface area (Å²) in [6.45, 7) is 0.875. The lowest BCUT2D eigenvalue weighted by Gasteiger charge is -2.27. The Bertz CT molecular complexity index is 935. The number of aliphatic hydroxyl groups excluding tert-OH is 1. The number of aromatic nitrogens is 1. The molecule has 28 heavy (non-hydrogen) atoms. The number of phenols is 1. The van der Waals surface area contributed by atoms with Gasteiger partial charge in [-0.3, -0.25) is 14.6 Å². The Morgan fingerprint density at radius 3 is 2.68 bits per heavy atom. The van der Waals surface area contributed by atoms with E-state index < -0.39 is 17.7 Å². The molecular formula is C21H20N2O5. The summed E-state index contributed by atoms with van der Waals surface area (Å²) >= 11 is 0. The van der Waals surface area contributed by atoms with Crippen LogP contribution in [0.2, 0.25) is 0 Å². The van der Waals surface area contributed by atoms with Crippen LogP contribution in [0.5, 0.6) is 5.75 Å². The lowest BCUT2D eigenvalue weighted by atomic mass is 9.95. The van der Waals surface area contributed by atoms with Crippen molar-refractivity contribution in [2.75, 3.05) is 13.2 Å². The SMILES string of the molecule is O=C1C(=O)N(CC2CCCO2)C(c2cccc(O)c2)/C1=C(/O)c1ccncc1.